The van der Waals surface area contributed by atoms with E-state index in [1.165, 1.54) is 7.11 Å². The summed E-state index contributed by atoms with van der Waals surface area (Å²) >= 11 is 5.93. The second-order valence-electron chi connectivity index (χ2n) is 8.30. The van der Waals surface area contributed by atoms with Gasteiger partial charge >= 0.3 is 5.97 Å². The van der Waals surface area contributed by atoms with Crippen molar-refractivity contribution in [2.75, 3.05) is 7.11 Å². The summed E-state index contributed by atoms with van der Waals surface area (Å²) in [7, 11) is 1.50. The Labute approximate surface area is 193 Å². The lowest BCUT2D eigenvalue weighted by molar-refractivity contribution is 0.0729. The van der Waals surface area contributed by atoms with Gasteiger partial charge in [-0.25, -0.2) is 4.79 Å². The zero-order valence-electron chi connectivity index (χ0n) is 18.5. The maximum Gasteiger partial charge on any atom is 0.343 e. The van der Waals surface area contributed by atoms with E-state index in [4.69, 9.17) is 21.1 Å². The van der Waals surface area contributed by atoms with E-state index in [-0.39, 0.29) is 5.41 Å². The fourth-order valence-corrected chi connectivity index (χ4v) is 3.23. The molecule has 0 saturated heterocycles. The Hall–Kier alpha value is -3.55. The molecule has 0 bridgehead atoms. The van der Waals surface area contributed by atoms with Gasteiger partial charge in [-0.05, 0) is 64.6 Å². The highest BCUT2D eigenvalue weighted by Gasteiger charge is 2.16. The smallest absolute Gasteiger partial charge is 0.343 e. The minimum absolute atomic E-state index is 0.00327. The molecule has 0 spiro atoms. The third-order valence-electron chi connectivity index (χ3n) is 4.96. The first-order valence-corrected chi connectivity index (χ1v) is 10.5. The third kappa shape index (κ3) is 5.57. The van der Waals surface area contributed by atoms with E-state index < -0.39 is 5.97 Å². The molecule has 0 aromatic heterocycles. The molecule has 3 aromatic carbocycles. The normalized spacial score (nSPS) is 11.6. The van der Waals surface area contributed by atoms with Crippen molar-refractivity contribution in [2.24, 2.45) is 0 Å². The van der Waals surface area contributed by atoms with Crippen LogP contribution in [0, 0.1) is 11.3 Å². The van der Waals surface area contributed by atoms with Crippen molar-refractivity contribution in [1.29, 1.82) is 5.26 Å². The highest BCUT2D eigenvalue weighted by Crippen LogP contribution is 2.31. The van der Waals surface area contributed by atoms with E-state index in [2.05, 4.69) is 26.8 Å². The third-order valence-corrected chi connectivity index (χ3v) is 5.22. The average molecular weight is 446 g/mol. The van der Waals surface area contributed by atoms with Gasteiger partial charge in [0.25, 0.3) is 0 Å². The van der Waals surface area contributed by atoms with Crippen LogP contribution in [0.15, 0.2) is 66.7 Å². The highest BCUT2D eigenvalue weighted by atomic mass is 35.5. The second-order valence-corrected chi connectivity index (χ2v) is 8.74. The van der Waals surface area contributed by atoms with Gasteiger partial charge in [-0.15, -0.1) is 0 Å². The fraction of sp³-hybridized carbons (Fsp3) is 0.185. The SMILES string of the molecule is COc1cc(C=C(C#N)c2ccc(Cl)cc2)ccc1OC(=O)c1ccc(C(C)(C)C)cc1. The number of carbonyl (C=O) groups is 1. The zero-order valence-corrected chi connectivity index (χ0v) is 19.2. The Bertz CT molecular complexity index is 1180. The molecule has 0 heterocycles. The number of carbonyl (C=O) groups excluding carboxylic acids is 1. The van der Waals surface area contributed by atoms with Gasteiger partial charge in [-0.3, -0.25) is 0 Å². The molecule has 162 valence electrons. The Morgan fingerprint density at radius 1 is 0.938 bits per heavy atom. The van der Waals surface area contributed by atoms with E-state index in [0.717, 1.165) is 16.7 Å². The van der Waals surface area contributed by atoms with Crippen molar-refractivity contribution < 1.29 is 14.3 Å². The molecular weight excluding hydrogens is 422 g/mol. The van der Waals surface area contributed by atoms with Crippen molar-refractivity contribution in [3.63, 3.8) is 0 Å². The van der Waals surface area contributed by atoms with E-state index in [0.29, 0.717) is 27.7 Å². The number of esters is 1. The number of nitrogens with zero attached hydrogens (tertiary/aromatic N) is 1. The summed E-state index contributed by atoms with van der Waals surface area (Å²) in [6, 6.07) is 21.8. The Morgan fingerprint density at radius 2 is 1.56 bits per heavy atom. The molecule has 0 unspecified atom stereocenters. The Kier molecular flexibility index (Phi) is 7.02. The number of allylic oxidation sites excluding steroid dienone is 1. The van der Waals surface area contributed by atoms with E-state index in [9.17, 15) is 10.1 Å². The monoisotopic (exact) mass is 445 g/mol. The van der Waals surface area contributed by atoms with Crippen LogP contribution in [0.25, 0.3) is 11.6 Å². The summed E-state index contributed by atoms with van der Waals surface area (Å²) in [6.45, 7) is 6.35. The number of nitriles is 1. The average Bonchev–Trinajstić information content (AvgIpc) is 2.78. The molecule has 3 aromatic rings. The number of hydrogen-bond donors (Lipinski definition) is 0. The topological polar surface area (TPSA) is 59.3 Å². The summed E-state index contributed by atoms with van der Waals surface area (Å²) in [5.41, 5.74) is 3.57. The number of methoxy groups -OCH3 is 1. The van der Waals surface area contributed by atoms with Crippen molar-refractivity contribution in [3.05, 3.63) is 94.0 Å². The predicted octanol–water partition coefficient (Wildman–Crippen LogP) is 6.93. The van der Waals surface area contributed by atoms with Crippen LogP contribution in [-0.2, 0) is 5.41 Å². The van der Waals surface area contributed by atoms with Crippen molar-refractivity contribution in [2.45, 2.75) is 26.2 Å². The van der Waals surface area contributed by atoms with Crippen LogP contribution >= 0.6 is 11.6 Å². The van der Waals surface area contributed by atoms with Crippen LogP contribution in [0.4, 0.5) is 0 Å². The number of halogens is 1. The van der Waals surface area contributed by atoms with Gasteiger partial charge in [0.15, 0.2) is 11.5 Å². The minimum Gasteiger partial charge on any atom is -0.493 e. The van der Waals surface area contributed by atoms with Crippen LogP contribution in [0.3, 0.4) is 0 Å². The lowest BCUT2D eigenvalue weighted by Gasteiger charge is -2.19. The molecule has 0 fully saturated rings. The summed E-state index contributed by atoms with van der Waals surface area (Å²) < 4.78 is 11.0. The molecule has 0 atom stereocenters. The largest absolute Gasteiger partial charge is 0.493 e. The van der Waals surface area contributed by atoms with Crippen LogP contribution in [0.1, 0.15) is 47.8 Å². The first-order chi connectivity index (χ1) is 15.2. The molecule has 0 amide bonds. The Morgan fingerprint density at radius 3 is 2.12 bits per heavy atom. The lowest BCUT2D eigenvalue weighted by Crippen LogP contribution is -2.13. The molecule has 0 N–H and O–H groups in total. The molecule has 0 aliphatic heterocycles. The number of hydrogen-bond acceptors (Lipinski definition) is 4. The van der Waals surface area contributed by atoms with Gasteiger partial charge in [0.1, 0.15) is 0 Å². The number of ether oxygens (including phenoxy) is 2. The molecule has 0 aliphatic carbocycles. The van der Waals surface area contributed by atoms with Gasteiger partial charge < -0.3 is 9.47 Å². The Balaban J connectivity index is 1.83. The molecule has 0 saturated carbocycles. The standard InChI is InChI=1S/C27H24ClNO3/c1-27(2,3)22-10-6-20(7-11-22)26(30)32-24-14-5-18(16-25(24)31-4)15-21(17-29)19-8-12-23(28)13-9-19/h5-16H,1-4H3. The van der Waals surface area contributed by atoms with E-state index in [1.807, 2.05) is 12.1 Å². The van der Waals surface area contributed by atoms with Gasteiger partial charge in [0, 0.05) is 5.02 Å². The van der Waals surface area contributed by atoms with Crippen molar-refractivity contribution in [1.82, 2.24) is 0 Å². The summed E-state index contributed by atoms with van der Waals surface area (Å²) in [5, 5.41) is 10.2. The molecule has 3 rings (SSSR count). The zero-order chi connectivity index (χ0) is 23.3. The first kappa shape index (κ1) is 23.1. The van der Waals surface area contributed by atoms with E-state index in [1.54, 1.807) is 60.7 Å². The maximum absolute atomic E-state index is 12.6. The number of rotatable bonds is 5. The van der Waals surface area contributed by atoms with Crippen LogP contribution in [0.2, 0.25) is 5.02 Å². The molecule has 5 heteroatoms. The lowest BCUT2D eigenvalue weighted by atomic mass is 9.87. The van der Waals surface area contributed by atoms with Gasteiger partial charge in [-0.2, -0.15) is 5.26 Å². The summed E-state index contributed by atoms with van der Waals surface area (Å²) in [6.07, 6.45) is 1.74. The van der Waals surface area contributed by atoms with E-state index >= 15 is 0 Å². The van der Waals surface area contributed by atoms with Crippen LogP contribution < -0.4 is 9.47 Å². The maximum atomic E-state index is 12.6. The minimum atomic E-state index is -0.467. The second kappa shape index (κ2) is 9.72. The molecule has 0 radical (unpaired) electrons. The van der Waals surface area contributed by atoms with Gasteiger partial charge in [0.05, 0.1) is 24.3 Å². The molecule has 32 heavy (non-hydrogen) atoms. The van der Waals surface area contributed by atoms with Crippen molar-refractivity contribution in [3.8, 4) is 17.6 Å². The fourth-order valence-electron chi connectivity index (χ4n) is 3.10. The summed E-state index contributed by atoms with van der Waals surface area (Å²) in [4.78, 5) is 12.6. The van der Waals surface area contributed by atoms with Crippen LogP contribution in [-0.4, -0.2) is 13.1 Å². The highest BCUT2D eigenvalue weighted by molar-refractivity contribution is 6.30. The quantitative estimate of drug-likeness (QED) is 0.185. The van der Waals surface area contributed by atoms with Gasteiger partial charge in [0.2, 0.25) is 0 Å². The van der Waals surface area contributed by atoms with Crippen molar-refractivity contribution >= 4 is 29.2 Å². The molecule has 0 aliphatic rings. The predicted molar refractivity (Wildman–Crippen MR) is 128 cm³/mol. The first-order valence-electron chi connectivity index (χ1n) is 10.1. The van der Waals surface area contributed by atoms with Gasteiger partial charge in [-0.1, -0.05) is 62.7 Å². The molecular formula is C27H24ClNO3. The molecule has 4 nitrogen and oxygen atoms in total. The number of benzene rings is 3. The summed E-state index contributed by atoms with van der Waals surface area (Å²) in [5.74, 6) is 0.234. The van der Waals surface area contributed by atoms with Crippen LogP contribution in [0.5, 0.6) is 11.5 Å².